The minimum absolute atomic E-state index is 0.921. The molecule has 2 rings (SSSR count). The number of benzene rings is 1. The Morgan fingerprint density at radius 3 is 2.70 bits per heavy atom. The van der Waals surface area contributed by atoms with Crippen LogP contribution in [-0.4, -0.2) is 41.4 Å². The average molecular weight is 274 g/mol. The Balaban J connectivity index is 2.22. The van der Waals surface area contributed by atoms with Crippen LogP contribution in [0.5, 0.6) is 0 Å². The van der Waals surface area contributed by atoms with Crippen molar-refractivity contribution in [1.29, 1.82) is 0 Å². The van der Waals surface area contributed by atoms with Crippen molar-refractivity contribution in [3.8, 4) is 0 Å². The van der Waals surface area contributed by atoms with Crippen LogP contribution in [0.15, 0.2) is 24.3 Å². The number of hydrogen-bond acceptors (Lipinski definition) is 3. The van der Waals surface area contributed by atoms with Gasteiger partial charge in [-0.25, -0.2) is 0 Å². The monoisotopic (exact) mass is 274 g/mol. The lowest BCUT2D eigenvalue weighted by Gasteiger charge is -2.20. The molecule has 110 valence electrons. The minimum atomic E-state index is 0.921. The SMILES string of the molecule is CCCN(CCNC)Cc1nn(CC)c2ccccc12. The Kier molecular flexibility index (Phi) is 5.56. The van der Waals surface area contributed by atoms with E-state index in [0.29, 0.717) is 0 Å². The van der Waals surface area contributed by atoms with Gasteiger partial charge >= 0.3 is 0 Å². The number of hydrogen-bond donors (Lipinski definition) is 1. The molecule has 20 heavy (non-hydrogen) atoms. The van der Waals surface area contributed by atoms with Crippen molar-refractivity contribution < 1.29 is 0 Å². The molecule has 1 aromatic carbocycles. The Bertz CT molecular complexity index is 532. The standard InChI is InChI=1S/C16H26N4/c1-4-11-19(12-10-17-3)13-15-14-8-6-7-9-16(14)20(5-2)18-15/h6-9,17H,4-5,10-13H2,1-3H3. The fourth-order valence-corrected chi connectivity index (χ4v) is 2.62. The van der Waals surface area contributed by atoms with Crippen molar-refractivity contribution in [3.05, 3.63) is 30.0 Å². The Morgan fingerprint density at radius 1 is 1.20 bits per heavy atom. The second kappa shape index (κ2) is 7.41. The van der Waals surface area contributed by atoms with Gasteiger partial charge in [-0.15, -0.1) is 0 Å². The number of nitrogens with one attached hydrogen (secondary N) is 1. The molecule has 0 aliphatic heterocycles. The number of aromatic nitrogens is 2. The molecule has 0 aliphatic rings. The summed E-state index contributed by atoms with van der Waals surface area (Å²) in [5.74, 6) is 0. The van der Waals surface area contributed by atoms with Gasteiger partial charge in [0, 0.05) is 31.6 Å². The first kappa shape index (κ1) is 15.0. The predicted molar refractivity (Wildman–Crippen MR) is 84.9 cm³/mol. The van der Waals surface area contributed by atoms with E-state index in [1.165, 1.54) is 23.0 Å². The lowest BCUT2D eigenvalue weighted by atomic mass is 10.2. The highest BCUT2D eigenvalue weighted by atomic mass is 15.3. The molecule has 0 bridgehead atoms. The first-order chi connectivity index (χ1) is 9.80. The number of nitrogens with zero attached hydrogens (tertiary/aromatic N) is 3. The van der Waals surface area contributed by atoms with Gasteiger partial charge in [0.2, 0.25) is 0 Å². The van der Waals surface area contributed by atoms with E-state index in [1.807, 2.05) is 7.05 Å². The molecule has 0 radical (unpaired) electrons. The van der Waals surface area contributed by atoms with Crippen molar-refractivity contribution in [3.63, 3.8) is 0 Å². The molecule has 1 aromatic heterocycles. The second-order valence-corrected chi connectivity index (χ2v) is 5.16. The number of aryl methyl sites for hydroxylation is 1. The second-order valence-electron chi connectivity index (χ2n) is 5.16. The normalized spacial score (nSPS) is 11.6. The third-order valence-electron chi connectivity index (χ3n) is 3.63. The molecule has 0 fully saturated rings. The maximum absolute atomic E-state index is 4.79. The van der Waals surface area contributed by atoms with Gasteiger partial charge in [0.05, 0.1) is 11.2 Å². The summed E-state index contributed by atoms with van der Waals surface area (Å²) in [4.78, 5) is 2.48. The Hall–Kier alpha value is -1.39. The van der Waals surface area contributed by atoms with E-state index in [4.69, 9.17) is 5.10 Å². The van der Waals surface area contributed by atoms with Crippen molar-refractivity contribution >= 4 is 10.9 Å². The maximum atomic E-state index is 4.79. The summed E-state index contributed by atoms with van der Waals surface area (Å²) in [5.41, 5.74) is 2.45. The number of likely N-dealkylation sites (N-methyl/N-ethyl adjacent to an activating group) is 1. The van der Waals surface area contributed by atoms with E-state index < -0.39 is 0 Å². The molecule has 0 spiro atoms. The van der Waals surface area contributed by atoms with Gasteiger partial charge in [0.15, 0.2) is 0 Å². The molecular formula is C16H26N4. The molecule has 2 aromatic rings. The molecule has 4 heteroatoms. The maximum Gasteiger partial charge on any atom is 0.0843 e. The summed E-state index contributed by atoms with van der Waals surface area (Å²) in [5, 5.41) is 9.31. The third kappa shape index (κ3) is 3.38. The van der Waals surface area contributed by atoms with Gasteiger partial charge in [0.25, 0.3) is 0 Å². The molecule has 1 N–H and O–H groups in total. The van der Waals surface area contributed by atoms with Gasteiger partial charge < -0.3 is 5.32 Å². The Labute approximate surface area is 121 Å². The quantitative estimate of drug-likeness (QED) is 0.803. The van der Waals surface area contributed by atoms with Crippen LogP contribution in [0.2, 0.25) is 0 Å². The summed E-state index contributed by atoms with van der Waals surface area (Å²) in [7, 11) is 2.01. The Morgan fingerprint density at radius 2 is 2.00 bits per heavy atom. The molecule has 0 atom stereocenters. The van der Waals surface area contributed by atoms with E-state index >= 15 is 0 Å². The molecule has 0 saturated carbocycles. The van der Waals surface area contributed by atoms with Crippen LogP contribution in [0.4, 0.5) is 0 Å². The zero-order valence-corrected chi connectivity index (χ0v) is 12.9. The van der Waals surface area contributed by atoms with E-state index in [9.17, 15) is 0 Å². The third-order valence-corrected chi connectivity index (χ3v) is 3.63. The van der Waals surface area contributed by atoms with Gasteiger partial charge in [0.1, 0.15) is 0 Å². The van der Waals surface area contributed by atoms with Crippen LogP contribution in [0.1, 0.15) is 26.0 Å². The zero-order valence-electron chi connectivity index (χ0n) is 12.9. The van der Waals surface area contributed by atoms with E-state index in [-0.39, 0.29) is 0 Å². The molecular weight excluding hydrogens is 248 g/mol. The van der Waals surface area contributed by atoms with E-state index in [2.05, 4.69) is 53.0 Å². The number of fused-ring (bicyclic) bond motifs is 1. The highest BCUT2D eigenvalue weighted by Crippen LogP contribution is 2.19. The zero-order chi connectivity index (χ0) is 14.4. The van der Waals surface area contributed by atoms with Gasteiger partial charge in [-0.3, -0.25) is 9.58 Å². The van der Waals surface area contributed by atoms with Crippen LogP contribution in [-0.2, 0) is 13.1 Å². The summed E-state index contributed by atoms with van der Waals surface area (Å²) >= 11 is 0. The van der Waals surface area contributed by atoms with Crippen molar-refractivity contribution in [2.24, 2.45) is 0 Å². The average Bonchev–Trinajstić information content (AvgIpc) is 2.83. The first-order valence-corrected chi connectivity index (χ1v) is 7.61. The number of rotatable bonds is 8. The largest absolute Gasteiger partial charge is 0.318 e. The summed E-state index contributed by atoms with van der Waals surface area (Å²) in [6.07, 6.45) is 1.18. The predicted octanol–water partition coefficient (Wildman–Crippen LogP) is 2.49. The van der Waals surface area contributed by atoms with Crippen molar-refractivity contribution in [2.45, 2.75) is 33.4 Å². The lowest BCUT2D eigenvalue weighted by Crippen LogP contribution is -2.31. The highest BCUT2D eigenvalue weighted by molar-refractivity contribution is 5.81. The number of para-hydroxylation sites is 1. The lowest BCUT2D eigenvalue weighted by molar-refractivity contribution is 0.264. The molecule has 1 heterocycles. The van der Waals surface area contributed by atoms with Gasteiger partial charge in [-0.05, 0) is 33.0 Å². The van der Waals surface area contributed by atoms with Crippen LogP contribution < -0.4 is 5.32 Å². The summed E-state index contributed by atoms with van der Waals surface area (Å²) < 4.78 is 2.10. The van der Waals surface area contributed by atoms with Crippen LogP contribution in [0.25, 0.3) is 10.9 Å². The van der Waals surface area contributed by atoms with Gasteiger partial charge in [-0.2, -0.15) is 5.10 Å². The minimum Gasteiger partial charge on any atom is -0.318 e. The smallest absolute Gasteiger partial charge is 0.0843 e. The summed E-state index contributed by atoms with van der Waals surface area (Å²) in [6.45, 7) is 9.44. The molecule has 4 nitrogen and oxygen atoms in total. The topological polar surface area (TPSA) is 33.1 Å². The molecule has 0 amide bonds. The highest BCUT2D eigenvalue weighted by Gasteiger charge is 2.12. The summed E-state index contributed by atoms with van der Waals surface area (Å²) in [6, 6.07) is 8.54. The van der Waals surface area contributed by atoms with E-state index in [1.54, 1.807) is 0 Å². The van der Waals surface area contributed by atoms with Gasteiger partial charge in [-0.1, -0.05) is 25.1 Å². The van der Waals surface area contributed by atoms with E-state index in [0.717, 1.165) is 32.7 Å². The molecule has 0 aliphatic carbocycles. The van der Waals surface area contributed by atoms with Crippen LogP contribution in [0.3, 0.4) is 0 Å². The van der Waals surface area contributed by atoms with Crippen molar-refractivity contribution in [2.75, 3.05) is 26.7 Å². The van der Waals surface area contributed by atoms with Crippen LogP contribution in [0, 0.1) is 0 Å². The fraction of sp³-hybridized carbons (Fsp3) is 0.562. The molecule has 0 saturated heterocycles. The first-order valence-electron chi connectivity index (χ1n) is 7.61. The molecule has 0 unspecified atom stereocenters. The van der Waals surface area contributed by atoms with Crippen LogP contribution >= 0.6 is 0 Å². The van der Waals surface area contributed by atoms with Crippen molar-refractivity contribution in [1.82, 2.24) is 20.0 Å². The fourth-order valence-electron chi connectivity index (χ4n) is 2.62.